The van der Waals surface area contributed by atoms with Crippen LogP contribution < -0.4 is 20.3 Å². The number of carbonyl (C=O) groups is 1. The summed E-state index contributed by atoms with van der Waals surface area (Å²) in [5.74, 6) is 1.02. The second-order valence-corrected chi connectivity index (χ2v) is 6.22. The van der Waals surface area contributed by atoms with Crippen molar-refractivity contribution in [2.24, 2.45) is 0 Å². The largest absolute Gasteiger partial charge is 0.496 e. The topological polar surface area (TPSA) is 82.5 Å². The third kappa shape index (κ3) is 5.01. The molecule has 2 aromatic carbocycles. The van der Waals surface area contributed by atoms with E-state index in [-0.39, 0.29) is 11.5 Å². The number of carbonyl (C=O) groups excluding carboxylic acids is 1. The van der Waals surface area contributed by atoms with Crippen LogP contribution in [0.5, 0.6) is 11.5 Å². The molecule has 3 rings (SSSR count). The maximum Gasteiger partial charge on any atom is 0.255 e. The van der Waals surface area contributed by atoms with Gasteiger partial charge in [-0.3, -0.25) is 14.2 Å². The number of hydrogen-bond acceptors (Lipinski definition) is 5. The predicted molar refractivity (Wildman–Crippen MR) is 110 cm³/mol. The molecule has 29 heavy (non-hydrogen) atoms. The molecule has 0 fully saturated rings. The Labute approximate surface area is 168 Å². The maximum absolute atomic E-state index is 12.4. The molecule has 0 radical (unpaired) electrons. The molecule has 0 saturated heterocycles. The van der Waals surface area contributed by atoms with E-state index in [1.807, 2.05) is 31.2 Å². The van der Waals surface area contributed by atoms with Gasteiger partial charge in [0.25, 0.3) is 11.5 Å². The van der Waals surface area contributed by atoms with Gasteiger partial charge in [0.2, 0.25) is 0 Å². The van der Waals surface area contributed by atoms with E-state index in [9.17, 15) is 9.59 Å². The molecule has 1 amide bonds. The number of methoxy groups -OCH3 is 1. The Balaban J connectivity index is 1.62. The molecular weight excluding hydrogens is 370 g/mol. The van der Waals surface area contributed by atoms with E-state index in [0.29, 0.717) is 36.7 Å². The van der Waals surface area contributed by atoms with Crippen LogP contribution in [0.25, 0.3) is 11.3 Å². The number of para-hydroxylation sites is 1. The zero-order valence-electron chi connectivity index (χ0n) is 16.4. The Hall–Kier alpha value is -3.61. The predicted octanol–water partition coefficient (Wildman–Crippen LogP) is 2.75. The normalized spacial score (nSPS) is 10.4. The molecule has 3 aromatic rings. The lowest BCUT2D eigenvalue weighted by Crippen LogP contribution is -2.31. The molecule has 1 N–H and O–H groups in total. The number of rotatable bonds is 8. The number of amides is 1. The van der Waals surface area contributed by atoms with Gasteiger partial charge in [0.15, 0.2) is 0 Å². The van der Waals surface area contributed by atoms with Crippen molar-refractivity contribution >= 4 is 5.91 Å². The molecule has 0 aliphatic heterocycles. The summed E-state index contributed by atoms with van der Waals surface area (Å²) in [6, 6.07) is 15.9. The number of nitrogens with zero attached hydrogens (tertiary/aromatic N) is 2. The van der Waals surface area contributed by atoms with Gasteiger partial charge in [-0.05, 0) is 43.3 Å². The number of hydrogen-bond donors (Lipinski definition) is 1. The minimum Gasteiger partial charge on any atom is -0.496 e. The summed E-state index contributed by atoms with van der Waals surface area (Å²) in [5.41, 5.74) is 1.69. The van der Waals surface area contributed by atoms with Crippen molar-refractivity contribution in [3.63, 3.8) is 0 Å². The summed E-state index contributed by atoms with van der Waals surface area (Å²) >= 11 is 0. The maximum atomic E-state index is 12.4. The van der Waals surface area contributed by atoms with Crippen LogP contribution in [-0.2, 0) is 6.54 Å². The third-order valence-corrected chi connectivity index (χ3v) is 4.33. The molecule has 7 nitrogen and oxygen atoms in total. The van der Waals surface area contributed by atoms with E-state index >= 15 is 0 Å². The summed E-state index contributed by atoms with van der Waals surface area (Å²) in [6.45, 7) is 3.13. The van der Waals surface area contributed by atoms with Crippen LogP contribution in [0.15, 0.2) is 65.7 Å². The van der Waals surface area contributed by atoms with Crippen molar-refractivity contribution in [3.05, 3.63) is 76.8 Å². The van der Waals surface area contributed by atoms with E-state index in [1.165, 1.54) is 24.1 Å². The zero-order chi connectivity index (χ0) is 20.6. The van der Waals surface area contributed by atoms with Crippen molar-refractivity contribution < 1.29 is 14.3 Å². The highest BCUT2D eigenvalue weighted by Crippen LogP contribution is 2.19. The highest BCUT2D eigenvalue weighted by atomic mass is 16.5. The van der Waals surface area contributed by atoms with Gasteiger partial charge in [0, 0.05) is 24.7 Å². The number of aromatic nitrogens is 2. The monoisotopic (exact) mass is 393 g/mol. The summed E-state index contributed by atoms with van der Waals surface area (Å²) in [7, 11) is 1.52. The van der Waals surface area contributed by atoms with Crippen LogP contribution in [-0.4, -0.2) is 35.7 Å². The Morgan fingerprint density at radius 3 is 2.59 bits per heavy atom. The molecular formula is C22H23N3O4. The second kappa shape index (κ2) is 9.54. The molecule has 0 bridgehead atoms. The lowest BCUT2D eigenvalue weighted by atomic mass is 10.1. The summed E-state index contributed by atoms with van der Waals surface area (Å²) in [5, 5.41) is 2.79. The van der Waals surface area contributed by atoms with Crippen molar-refractivity contribution in [2.45, 2.75) is 13.5 Å². The molecule has 7 heteroatoms. The lowest BCUT2D eigenvalue weighted by molar-refractivity contribution is 0.0949. The first-order valence-electron chi connectivity index (χ1n) is 9.33. The lowest BCUT2D eigenvalue weighted by Gasteiger charge is -2.10. The van der Waals surface area contributed by atoms with E-state index in [1.54, 1.807) is 24.3 Å². The average Bonchev–Trinajstić information content (AvgIpc) is 2.75. The van der Waals surface area contributed by atoms with Crippen LogP contribution in [0, 0.1) is 0 Å². The smallest absolute Gasteiger partial charge is 0.255 e. The zero-order valence-corrected chi connectivity index (χ0v) is 16.4. The first-order valence-corrected chi connectivity index (χ1v) is 9.33. The third-order valence-electron chi connectivity index (χ3n) is 4.33. The first-order chi connectivity index (χ1) is 14.1. The Morgan fingerprint density at radius 2 is 1.90 bits per heavy atom. The molecule has 0 spiro atoms. The minimum absolute atomic E-state index is 0.185. The molecule has 0 aliphatic carbocycles. The fraction of sp³-hybridized carbons (Fsp3) is 0.227. The molecule has 0 atom stereocenters. The van der Waals surface area contributed by atoms with Crippen molar-refractivity contribution in [2.75, 3.05) is 20.3 Å². The molecule has 1 aromatic heterocycles. The van der Waals surface area contributed by atoms with Crippen molar-refractivity contribution in [1.82, 2.24) is 14.9 Å². The van der Waals surface area contributed by atoms with Crippen LogP contribution in [0.2, 0.25) is 0 Å². The Morgan fingerprint density at radius 1 is 1.14 bits per heavy atom. The summed E-state index contributed by atoms with van der Waals surface area (Å²) in [4.78, 5) is 29.1. The van der Waals surface area contributed by atoms with Gasteiger partial charge in [-0.25, -0.2) is 4.98 Å². The number of benzene rings is 2. The fourth-order valence-corrected chi connectivity index (χ4v) is 2.86. The quantitative estimate of drug-likeness (QED) is 0.636. The van der Waals surface area contributed by atoms with Gasteiger partial charge < -0.3 is 14.8 Å². The molecule has 1 heterocycles. The standard InChI is InChI=1S/C22H23N3O4/c1-3-29-17-10-8-16(9-11-17)19-14-21(26)25(15-24-19)13-12-23-22(27)18-6-4-5-7-20(18)28-2/h4-11,14-15H,3,12-13H2,1-2H3,(H,23,27). The highest BCUT2D eigenvalue weighted by molar-refractivity contribution is 5.96. The second-order valence-electron chi connectivity index (χ2n) is 6.22. The SMILES string of the molecule is CCOc1ccc(-c2cc(=O)n(CCNC(=O)c3ccccc3OC)cn2)cc1. The fourth-order valence-electron chi connectivity index (χ4n) is 2.86. The van der Waals surface area contributed by atoms with Crippen molar-refractivity contribution in [3.8, 4) is 22.8 Å². The summed E-state index contributed by atoms with van der Waals surface area (Å²) in [6.07, 6.45) is 1.49. The number of nitrogens with one attached hydrogen (secondary N) is 1. The van der Waals surface area contributed by atoms with E-state index in [0.717, 1.165) is 11.3 Å². The summed E-state index contributed by atoms with van der Waals surface area (Å²) < 4.78 is 12.1. The van der Waals surface area contributed by atoms with Gasteiger partial charge in [0.05, 0.1) is 31.3 Å². The minimum atomic E-state index is -0.255. The van der Waals surface area contributed by atoms with Gasteiger partial charge in [0.1, 0.15) is 11.5 Å². The van der Waals surface area contributed by atoms with Gasteiger partial charge >= 0.3 is 0 Å². The van der Waals surface area contributed by atoms with Gasteiger partial charge in [-0.1, -0.05) is 12.1 Å². The number of ether oxygens (including phenoxy) is 2. The van der Waals surface area contributed by atoms with E-state index in [2.05, 4.69) is 10.3 Å². The molecule has 150 valence electrons. The van der Waals surface area contributed by atoms with Crippen molar-refractivity contribution in [1.29, 1.82) is 0 Å². The van der Waals surface area contributed by atoms with Crippen LogP contribution in [0.3, 0.4) is 0 Å². The molecule has 0 unspecified atom stereocenters. The first kappa shape index (κ1) is 20.1. The van der Waals surface area contributed by atoms with E-state index in [4.69, 9.17) is 9.47 Å². The van der Waals surface area contributed by atoms with Crippen LogP contribution in [0.4, 0.5) is 0 Å². The molecule has 0 aliphatic rings. The van der Waals surface area contributed by atoms with E-state index < -0.39 is 0 Å². The van der Waals surface area contributed by atoms with Crippen LogP contribution >= 0.6 is 0 Å². The van der Waals surface area contributed by atoms with Crippen LogP contribution in [0.1, 0.15) is 17.3 Å². The Bertz CT molecular complexity index is 1030. The highest BCUT2D eigenvalue weighted by Gasteiger charge is 2.11. The van der Waals surface area contributed by atoms with Gasteiger partial charge in [-0.2, -0.15) is 0 Å². The Kier molecular flexibility index (Phi) is 6.63. The average molecular weight is 393 g/mol. The van der Waals surface area contributed by atoms with Gasteiger partial charge in [-0.15, -0.1) is 0 Å². The molecule has 0 saturated carbocycles.